The fraction of sp³-hybridized carbons (Fsp3) is 0.450. The number of nitrogens with zero attached hydrogens (tertiary/aromatic N) is 5. The van der Waals surface area contributed by atoms with Crippen molar-refractivity contribution in [2.45, 2.75) is 44.7 Å². The van der Waals surface area contributed by atoms with E-state index in [0.29, 0.717) is 30.1 Å². The first kappa shape index (κ1) is 22.7. The van der Waals surface area contributed by atoms with Gasteiger partial charge in [-0.2, -0.15) is 10.2 Å². The predicted molar refractivity (Wildman–Crippen MR) is 113 cm³/mol. The standard InChI is InChI=1S/C12H13N3O3.C8H11N3O.ClH/c1-2-17-12(16)10-11(18-7-13-10)9-5-6-14-15(9)8-3-4-8;9-5-8(12)7-3-4-10-11(7)6-1-2-6;/h5-8H,2-4H2,1H3;3-4,6H,1-2,5,9H2;1H. The van der Waals surface area contributed by atoms with E-state index in [0.717, 1.165) is 31.4 Å². The minimum absolute atomic E-state index is 0. The van der Waals surface area contributed by atoms with Crippen LogP contribution in [0.4, 0.5) is 0 Å². The summed E-state index contributed by atoms with van der Waals surface area (Å²) in [5.74, 6) is -0.0675. The van der Waals surface area contributed by atoms with Crippen LogP contribution in [0.2, 0.25) is 0 Å². The van der Waals surface area contributed by atoms with Crippen molar-refractivity contribution in [1.82, 2.24) is 24.5 Å². The summed E-state index contributed by atoms with van der Waals surface area (Å²) in [5, 5.41) is 8.34. The lowest BCUT2D eigenvalue weighted by Crippen LogP contribution is -2.18. The number of esters is 1. The Morgan fingerprint density at radius 3 is 2.42 bits per heavy atom. The van der Waals surface area contributed by atoms with Crippen molar-refractivity contribution in [3.63, 3.8) is 0 Å². The quantitative estimate of drug-likeness (QED) is 0.431. The van der Waals surface area contributed by atoms with Crippen LogP contribution in [0.3, 0.4) is 0 Å². The van der Waals surface area contributed by atoms with E-state index in [1.165, 1.54) is 6.39 Å². The molecule has 5 rings (SSSR count). The Labute approximate surface area is 185 Å². The van der Waals surface area contributed by atoms with Gasteiger partial charge in [0.2, 0.25) is 0 Å². The molecule has 166 valence electrons. The number of nitrogens with two attached hydrogens (primary N) is 1. The van der Waals surface area contributed by atoms with E-state index in [1.807, 2.05) is 10.7 Å². The van der Waals surface area contributed by atoms with Gasteiger partial charge in [-0.15, -0.1) is 12.4 Å². The zero-order valence-corrected chi connectivity index (χ0v) is 18.0. The Morgan fingerprint density at radius 2 is 1.77 bits per heavy atom. The van der Waals surface area contributed by atoms with Crippen molar-refractivity contribution in [3.05, 3.63) is 42.3 Å². The molecule has 31 heavy (non-hydrogen) atoms. The van der Waals surface area contributed by atoms with Crippen LogP contribution in [0, 0.1) is 0 Å². The zero-order chi connectivity index (χ0) is 21.1. The highest BCUT2D eigenvalue weighted by Gasteiger charge is 2.30. The highest BCUT2D eigenvalue weighted by atomic mass is 35.5. The van der Waals surface area contributed by atoms with Gasteiger partial charge in [-0.3, -0.25) is 14.2 Å². The van der Waals surface area contributed by atoms with Crippen LogP contribution in [0.15, 0.2) is 35.3 Å². The maximum atomic E-state index is 11.7. The summed E-state index contributed by atoms with van der Waals surface area (Å²) in [7, 11) is 0. The van der Waals surface area contributed by atoms with Crippen molar-refractivity contribution >= 4 is 24.2 Å². The van der Waals surface area contributed by atoms with Gasteiger partial charge in [0.05, 0.1) is 25.2 Å². The maximum absolute atomic E-state index is 11.7. The molecule has 2 N–H and O–H groups in total. The van der Waals surface area contributed by atoms with Crippen molar-refractivity contribution in [2.24, 2.45) is 5.73 Å². The van der Waals surface area contributed by atoms with Gasteiger partial charge < -0.3 is 14.9 Å². The molecule has 0 atom stereocenters. The molecule has 3 heterocycles. The Morgan fingerprint density at radius 1 is 1.13 bits per heavy atom. The summed E-state index contributed by atoms with van der Waals surface area (Å²) < 4.78 is 13.9. The van der Waals surface area contributed by atoms with Gasteiger partial charge in [-0.25, -0.2) is 9.78 Å². The molecule has 0 saturated heterocycles. The minimum atomic E-state index is -0.468. The molecule has 0 bridgehead atoms. The van der Waals surface area contributed by atoms with Gasteiger partial charge in [-0.05, 0) is 44.7 Å². The number of aromatic nitrogens is 5. The average Bonchev–Trinajstić information content (AvgIpc) is 3.62. The van der Waals surface area contributed by atoms with Crippen molar-refractivity contribution in [2.75, 3.05) is 13.2 Å². The first-order chi connectivity index (χ1) is 14.6. The molecule has 11 heteroatoms. The summed E-state index contributed by atoms with van der Waals surface area (Å²) in [5.41, 5.74) is 6.90. The number of ether oxygens (including phenoxy) is 1. The Hall–Kier alpha value is -2.98. The van der Waals surface area contributed by atoms with E-state index in [1.54, 1.807) is 30.1 Å². The minimum Gasteiger partial charge on any atom is -0.461 e. The molecular formula is C20H25ClN6O4. The Bertz CT molecular complexity index is 1030. The first-order valence-corrected chi connectivity index (χ1v) is 10.0. The lowest BCUT2D eigenvalue weighted by atomic mass is 10.2. The monoisotopic (exact) mass is 448 g/mol. The van der Waals surface area contributed by atoms with E-state index >= 15 is 0 Å². The lowest BCUT2D eigenvalue weighted by Gasteiger charge is -2.04. The molecule has 2 aliphatic carbocycles. The normalized spacial score (nSPS) is 14.9. The molecule has 10 nitrogen and oxygen atoms in total. The molecule has 3 aromatic rings. The van der Waals surface area contributed by atoms with Gasteiger partial charge in [-0.1, -0.05) is 0 Å². The van der Waals surface area contributed by atoms with Crippen LogP contribution in [0.5, 0.6) is 0 Å². The number of hydrogen-bond acceptors (Lipinski definition) is 8. The Kier molecular flexibility index (Phi) is 7.24. The van der Waals surface area contributed by atoms with Gasteiger partial charge >= 0.3 is 5.97 Å². The largest absolute Gasteiger partial charge is 0.461 e. The van der Waals surface area contributed by atoms with Crippen molar-refractivity contribution < 1.29 is 18.7 Å². The highest BCUT2D eigenvalue weighted by Crippen LogP contribution is 2.38. The third-order valence-electron chi connectivity index (χ3n) is 4.87. The van der Waals surface area contributed by atoms with Gasteiger partial charge in [0, 0.05) is 12.4 Å². The molecule has 0 spiro atoms. The van der Waals surface area contributed by atoms with Crippen LogP contribution in [0.1, 0.15) is 65.7 Å². The molecule has 0 radical (unpaired) electrons. The average molecular weight is 449 g/mol. The second-order valence-corrected chi connectivity index (χ2v) is 7.16. The molecule has 2 aliphatic rings. The molecule has 2 saturated carbocycles. The topological polar surface area (TPSA) is 131 Å². The number of carbonyl (C=O) groups excluding carboxylic acids is 2. The molecular weight excluding hydrogens is 424 g/mol. The summed E-state index contributed by atoms with van der Waals surface area (Å²) in [6.07, 6.45) is 9.09. The van der Waals surface area contributed by atoms with E-state index in [-0.39, 0.29) is 30.4 Å². The summed E-state index contributed by atoms with van der Waals surface area (Å²) in [6, 6.07) is 4.41. The predicted octanol–water partition coefficient (Wildman–Crippen LogP) is 2.83. The van der Waals surface area contributed by atoms with E-state index in [2.05, 4.69) is 15.2 Å². The van der Waals surface area contributed by atoms with Crippen LogP contribution in [-0.2, 0) is 4.74 Å². The van der Waals surface area contributed by atoms with Crippen LogP contribution >= 0.6 is 12.4 Å². The van der Waals surface area contributed by atoms with Gasteiger partial charge in [0.25, 0.3) is 0 Å². The molecule has 0 aromatic carbocycles. The molecule has 3 aromatic heterocycles. The van der Waals surface area contributed by atoms with Crippen molar-refractivity contribution in [1.29, 1.82) is 0 Å². The number of halogens is 1. The maximum Gasteiger partial charge on any atom is 0.361 e. The number of ketones is 1. The molecule has 0 aliphatic heterocycles. The van der Waals surface area contributed by atoms with E-state index < -0.39 is 5.97 Å². The molecule has 0 unspecified atom stereocenters. The third kappa shape index (κ3) is 5.02. The van der Waals surface area contributed by atoms with Crippen molar-refractivity contribution in [3.8, 4) is 11.5 Å². The van der Waals surface area contributed by atoms with E-state index in [9.17, 15) is 9.59 Å². The van der Waals surface area contributed by atoms with Crippen LogP contribution in [0.25, 0.3) is 11.5 Å². The molecule has 0 amide bonds. The number of rotatable bonds is 7. The second kappa shape index (κ2) is 9.88. The van der Waals surface area contributed by atoms with Crippen LogP contribution < -0.4 is 5.73 Å². The zero-order valence-electron chi connectivity index (χ0n) is 17.1. The lowest BCUT2D eigenvalue weighted by molar-refractivity contribution is 0.0520. The summed E-state index contributed by atoms with van der Waals surface area (Å²) >= 11 is 0. The second-order valence-electron chi connectivity index (χ2n) is 7.16. The van der Waals surface area contributed by atoms with Gasteiger partial charge in [0.15, 0.2) is 23.6 Å². The third-order valence-corrected chi connectivity index (χ3v) is 4.87. The summed E-state index contributed by atoms with van der Waals surface area (Å²) in [6.45, 7) is 2.14. The Balaban J connectivity index is 0.000000183. The van der Waals surface area contributed by atoms with E-state index in [4.69, 9.17) is 14.9 Å². The number of carbonyl (C=O) groups is 2. The smallest absolute Gasteiger partial charge is 0.361 e. The first-order valence-electron chi connectivity index (χ1n) is 10.0. The molecule has 2 fully saturated rings. The van der Waals surface area contributed by atoms with Gasteiger partial charge in [0.1, 0.15) is 11.4 Å². The fourth-order valence-electron chi connectivity index (χ4n) is 3.13. The van der Waals surface area contributed by atoms with Crippen LogP contribution in [-0.4, -0.2) is 49.4 Å². The summed E-state index contributed by atoms with van der Waals surface area (Å²) in [4.78, 5) is 26.9. The highest BCUT2D eigenvalue weighted by molar-refractivity contribution is 5.96. The number of Topliss-reactive ketones (excluding diaryl/α,β-unsaturated/α-hetero) is 1. The number of hydrogen-bond donors (Lipinski definition) is 1. The number of oxazole rings is 1. The SMILES string of the molecule is CCOC(=O)c1ncoc1-c1ccnn1C1CC1.Cl.NCC(=O)c1ccnn1C1CC1. The fourth-order valence-corrected chi connectivity index (χ4v) is 3.13.